The number of carbonyl (C=O) groups excluding carboxylic acids is 1. The van der Waals surface area contributed by atoms with Gasteiger partial charge in [0, 0.05) is 13.0 Å². The first kappa shape index (κ1) is 13.3. The van der Waals surface area contributed by atoms with E-state index < -0.39 is 24.1 Å². The average molecular weight is 214 g/mol. The number of amides is 2. The molecule has 0 heterocycles. The summed E-state index contributed by atoms with van der Waals surface area (Å²) in [4.78, 5) is 21.7. The third kappa shape index (κ3) is 5.54. The van der Waals surface area contributed by atoms with Gasteiger partial charge in [-0.25, -0.2) is 9.59 Å². The van der Waals surface area contributed by atoms with Crippen molar-refractivity contribution in [3.05, 3.63) is 0 Å². The number of terminal acetylenes is 1. The summed E-state index contributed by atoms with van der Waals surface area (Å²) >= 11 is 0. The van der Waals surface area contributed by atoms with Crippen LogP contribution in [0.2, 0.25) is 0 Å². The topological polar surface area (TPSA) is 98.7 Å². The second kappa shape index (κ2) is 6.68. The molecule has 0 aromatic heterocycles. The molecule has 0 spiro atoms. The minimum atomic E-state index is -1.20. The maximum atomic E-state index is 11.1. The van der Waals surface area contributed by atoms with Gasteiger partial charge in [-0.15, -0.1) is 6.42 Å². The van der Waals surface area contributed by atoms with Crippen LogP contribution in [0.4, 0.5) is 4.79 Å². The molecule has 0 radical (unpaired) electrons. The predicted octanol–water partition coefficient (Wildman–Crippen LogP) is -0.857. The highest BCUT2D eigenvalue weighted by atomic mass is 16.4. The number of carbonyl (C=O) groups is 2. The molecule has 0 aliphatic rings. The standard InChI is InChI=1S/C9H14N2O4/c1-3-6(2)10-9(15)11-7(4-5-12)8(13)14/h1,6-7,12H,4-5H2,2H3,(H,13,14)(H2,10,11,15)/t6?,7-/m1/s1. The van der Waals surface area contributed by atoms with Crippen molar-refractivity contribution in [2.75, 3.05) is 6.61 Å². The van der Waals surface area contributed by atoms with Crippen molar-refractivity contribution in [1.29, 1.82) is 0 Å². The Morgan fingerprint density at radius 3 is 2.47 bits per heavy atom. The van der Waals surface area contributed by atoms with Gasteiger partial charge < -0.3 is 20.8 Å². The SMILES string of the molecule is C#CC(C)NC(=O)N[C@H](CCO)C(=O)O. The number of carboxylic acid groups (broad SMARTS) is 1. The highest BCUT2D eigenvalue weighted by molar-refractivity contribution is 5.82. The lowest BCUT2D eigenvalue weighted by molar-refractivity contribution is -0.139. The Hall–Kier alpha value is -1.74. The Labute approximate surface area is 87.7 Å². The summed E-state index contributed by atoms with van der Waals surface area (Å²) in [7, 11) is 0. The van der Waals surface area contributed by atoms with Gasteiger partial charge in [-0.3, -0.25) is 0 Å². The fourth-order valence-electron chi connectivity index (χ4n) is 0.825. The number of aliphatic hydroxyl groups is 1. The minimum Gasteiger partial charge on any atom is -0.480 e. The van der Waals surface area contributed by atoms with Gasteiger partial charge in [-0.1, -0.05) is 5.92 Å². The lowest BCUT2D eigenvalue weighted by Gasteiger charge is -2.15. The van der Waals surface area contributed by atoms with Crippen LogP contribution in [0.1, 0.15) is 13.3 Å². The summed E-state index contributed by atoms with van der Waals surface area (Å²) in [6.45, 7) is 1.27. The van der Waals surface area contributed by atoms with Crippen molar-refractivity contribution < 1.29 is 19.8 Å². The van der Waals surface area contributed by atoms with E-state index in [-0.39, 0.29) is 13.0 Å². The van der Waals surface area contributed by atoms with Crippen LogP contribution in [0.25, 0.3) is 0 Å². The molecule has 0 aromatic carbocycles. The fourth-order valence-corrected chi connectivity index (χ4v) is 0.825. The Morgan fingerprint density at radius 2 is 2.07 bits per heavy atom. The number of hydrogen-bond donors (Lipinski definition) is 4. The van der Waals surface area contributed by atoms with E-state index in [0.29, 0.717) is 0 Å². The van der Waals surface area contributed by atoms with Crippen LogP contribution in [0, 0.1) is 12.3 Å². The van der Waals surface area contributed by atoms with Gasteiger partial charge in [0.25, 0.3) is 0 Å². The third-order valence-electron chi connectivity index (χ3n) is 1.62. The number of aliphatic hydroxyl groups excluding tert-OH is 1. The maximum Gasteiger partial charge on any atom is 0.326 e. The third-order valence-corrected chi connectivity index (χ3v) is 1.62. The Bertz CT molecular complexity index is 272. The van der Waals surface area contributed by atoms with E-state index in [9.17, 15) is 9.59 Å². The first-order valence-corrected chi connectivity index (χ1v) is 4.38. The molecule has 0 rings (SSSR count). The molecule has 0 saturated carbocycles. The molecule has 0 saturated heterocycles. The lowest BCUT2D eigenvalue weighted by atomic mass is 10.2. The molecule has 0 bridgehead atoms. The van der Waals surface area contributed by atoms with Crippen LogP contribution in [0.15, 0.2) is 0 Å². The number of carboxylic acids is 1. The van der Waals surface area contributed by atoms with Crippen LogP contribution in [-0.2, 0) is 4.79 Å². The quantitative estimate of drug-likeness (QED) is 0.448. The van der Waals surface area contributed by atoms with Crippen molar-refractivity contribution >= 4 is 12.0 Å². The molecular weight excluding hydrogens is 200 g/mol. The summed E-state index contributed by atoms with van der Waals surface area (Å²) in [5, 5.41) is 21.7. The van der Waals surface area contributed by atoms with E-state index in [4.69, 9.17) is 16.6 Å². The van der Waals surface area contributed by atoms with Crippen molar-refractivity contribution in [3.8, 4) is 12.3 Å². The van der Waals surface area contributed by atoms with E-state index in [1.54, 1.807) is 6.92 Å². The zero-order chi connectivity index (χ0) is 11.8. The Balaban J connectivity index is 4.12. The first-order chi connectivity index (χ1) is 7.01. The Morgan fingerprint density at radius 1 is 1.47 bits per heavy atom. The van der Waals surface area contributed by atoms with Gasteiger partial charge in [0.1, 0.15) is 6.04 Å². The molecule has 1 unspecified atom stereocenters. The van der Waals surface area contributed by atoms with Crippen molar-refractivity contribution in [3.63, 3.8) is 0 Å². The molecule has 6 heteroatoms. The highest BCUT2D eigenvalue weighted by Gasteiger charge is 2.19. The summed E-state index contributed by atoms with van der Waals surface area (Å²) in [5.74, 6) is 1.06. The van der Waals surface area contributed by atoms with E-state index in [1.165, 1.54) is 0 Å². The van der Waals surface area contributed by atoms with Crippen molar-refractivity contribution in [1.82, 2.24) is 10.6 Å². The first-order valence-electron chi connectivity index (χ1n) is 4.38. The normalized spacial score (nSPS) is 13.4. The van der Waals surface area contributed by atoms with Gasteiger partial charge in [0.05, 0.1) is 6.04 Å². The van der Waals surface area contributed by atoms with E-state index in [0.717, 1.165) is 0 Å². The van der Waals surface area contributed by atoms with E-state index >= 15 is 0 Å². The van der Waals surface area contributed by atoms with Crippen molar-refractivity contribution in [2.45, 2.75) is 25.4 Å². The zero-order valence-electron chi connectivity index (χ0n) is 8.36. The number of urea groups is 1. The molecule has 0 fully saturated rings. The summed E-state index contributed by atoms with van der Waals surface area (Å²) in [6, 6.07) is -2.25. The van der Waals surface area contributed by atoms with Gasteiger partial charge in [0.15, 0.2) is 0 Å². The van der Waals surface area contributed by atoms with Crippen LogP contribution >= 0.6 is 0 Å². The van der Waals surface area contributed by atoms with Gasteiger partial charge in [-0.05, 0) is 6.92 Å². The smallest absolute Gasteiger partial charge is 0.326 e. The van der Waals surface area contributed by atoms with Gasteiger partial charge in [0.2, 0.25) is 0 Å². The molecule has 0 aliphatic carbocycles. The van der Waals surface area contributed by atoms with Crippen LogP contribution in [0.5, 0.6) is 0 Å². The monoisotopic (exact) mass is 214 g/mol. The number of aliphatic carboxylic acids is 1. The summed E-state index contributed by atoms with van der Waals surface area (Å²) in [5.41, 5.74) is 0. The van der Waals surface area contributed by atoms with Crippen LogP contribution < -0.4 is 10.6 Å². The molecular formula is C9H14N2O4. The Kier molecular flexibility index (Phi) is 5.90. The van der Waals surface area contributed by atoms with Crippen molar-refractivity contribution in [2.24, 2.45) is 0 Å². The zero-order valence-corrected chi connectivity index (χ0v) is 8.36. The molecule has 4 N–H and O–H groups in total. The summed E-state index contributed by atoms with van der Waals surface area (Å²) < 4.78 is 0. The minimum absolute atomic E-state index is 0.0484. The van der Waals surface area contributed by atoms with Crippen LogP contribution in [0.3, 0.4) is 0 Å². The number of hydrogen-bond acceptors (Lipinski definition) is 3. The number of nitrogens with one attached hydrogen (secondary N) is 2. The fraction of sp³-hybridized carbons (Fsp3) is 0.556. The molecule has 84 valence electrons. The van der Waals surface area contributed by atoms with Gasteiger partial charge >= 0.3 is 12.0 Å². The second-order valence-corrected chi connectivity index (χ2v) is 2.91. The largest absolute Gasteiger partial charge is 0.480 e. The molecule has 2 atom stereocenters. The predicted molar refractivity (Wildman–Crippen MR) is 53.1 cm³/mol. The average Bonchev–Trinajstić information content (AvgIpc) is 2.16. The second-order valence-electron chi connectivity index (χ2n) is 2.91. The molecule has 0 aromatic rings. The van der Waals surface area contributed by atoms with E-state index in [1.807, 2.05) is 0 Å². The van der Waals surface area contributed by atoms with E-state index in [2.05, 4.69) is 16.6 Å². The summed E-state index contributed by atoms with van der Waals surface area (Å²) in [6.07, 6.45) is 4.97. The molecule has 15 heavy (non-hydrogen) atoms. The lowest BCUT2D eigenvalue weighted by Crippen LogP contribution is -2.48. The number of rotatable bonds is 5. The van der Waals surface area contributed by atoms with Crippen LogP contribution in [-0.4, -0.2) is 40.9 Å². The molecule has 2 amide bonds. The van der Waals surface area contributed by atoms with Gasteiger partial charge in [-0.2, -0.15) is 0 Å². The highest BCUT2D eigenvalue weighted by Crippen LogP contribution is 1.91. The maximum absolute atomic E-state index is 11.1. The molecule has 0 aliphatic heterocycles. The molecule has 6 nitrogen and oxygen atoms in total.